The van der Waals surface area contributed by atoms with Crippen LogP contribution in [0.3, 0.4) is 0 Å². The molecule has 0 aliphatic heterocycles. The summed E-state index contributed by atoms with van der Waals surface area (Å²) in [4.78, 5) is 15.7. The Hall–Kier alpha value is -1.65. The van der Waals surface area contributed by atoms with Gasteiger partial charge in [0.1, 0.15) is 11.8 Å². The van der Waals surface area contributed by atoms with Gasteiger partial charge in [0, 0.05) is 6.54 Å². The van der Waals surface area contributed by atoms with Crippen LogP contribution in [-0.2, 0) is 0 Å². The van der Waals surface area contributed by atoms with Gasteiger partial charge >= 0.3 is 0 Å². The maximum atomic E-state index is 4.30. The van der Waals surface area contributed by atoms with Crippen LogP contribution in [0.4, 0.5) is 5.82 Å². The first-order valence-corrected chi connectivity index (χ1v) is 6.65. The van der Waals surface area contributed by atoms with Gasteiger partial charge in [-0.2, -0.15) is 0 Å². The second-order valence-electron chi connectivity index (χ2n) is 5.55. The average Bonchev–Trinajstić information content (AvgIpc) is 2.86. The highest BCUT2D eigenvalue weighted by atomic mass is 15.1. The summed E-state index contributed by atoms with van der Waals surface area (Å²) >= 11 is 0. The van der Waals surface area contributed by atoms with Gasteiger partial charge < -0.3 is 10.3 Å². The van der Waals surface area contributed by atoms with Crippen molar-refractivity contribution in [2.75, 3.05) is 11.9 Å². The molecule has 0 atom stereocenters. The van der Waals surface area contributed by atoms with E-state index in [4.69, 9.17) is 0 Å². The molecule has 2 aromatic rings. The molecule has 1 aliphatic carbocycles. The van der Waals surface area contributed by atoms with E-state index in [1.165, 1.54) is 32.1 Å². The van der Waals surface area contributed by atoms with Crippen molar-refractivity contribution in [3.63, 3.8) is 0 Å². The van der Waals surface area contributed by atoms with Crippen molar-refractivity contribution in [1.29, 1.82) is 0 Å². The molecule has 0 unspecified atom stereocenters. The maximum absolute atomic E-state index is 4.30. The second-order valence-corrected chi connectivity index (χ2v) is 5.55. The highest BCUT2D eigenvalue weighted by Crippen LogP contribution is 2.35. The molecule has 1 fully saturated rings. The Morgan fingerprint density at radius 2 is 2.06 bits per heavy atom. The third kappa shape index (κ3) is 2.17. The molecule has 5 heteroatoms. The van der Waals surface area contributed by atoms with Gasteiger partial charge in [-0.15, -0.1) is 0 Å². The van der Waals surface area contributed by atoms with Crippen molar-refractivity contribution in [1.82, 2.24) is 19.9 Å². The summed E-state index contributed by atoms with van der Waals surface area (Å²) < 4.78 is 0. The summed E-state index contributed by atoms with van der Waals surface area (Å²) in [5.41, 5.74) is 2.02. The Bertz CT molecular complexity index is 527. The van der Waals surface area contributed by atoms with Gasteiger partial charge in [-0.3, -0.25) is 0 Å². The molecule has 2 heterocycles. The predicted octanol–water partition coefficient (Wildman–Crippen LogP) is 2.74. The van der Waals surface area contributed by atoms with E-state index in [0.29, 0.717) is 5.41 Å². The largest absolute Gasteiger partial charge is 0.368 e. The Morgan fingerprint density at radius 1 is 1.22 bits per heavy atom. The number of rotatable bonds is 3. The van der Waals surface area contributed by atoms with Crippen LogP contribution in [0.2, 0.25) is 0 Å². The molecular weight excluding hydrogens is 226 g/mol. The summed E-state index contributed by atoms with van der Waals surface area (Å²) in [6.45, 7) is 3.34. The Balaban J connectivity index is 1.74. The summed E-state index contributed by atoms with van der Waals surface area (Å²) in [6, 6.07) is 0. The molecule has 2 N–H and O–H groups in total. The van der Waals surface area contributed by atoms with E-state index < -0.39 is 0 Å². The molecule has 0 radical (unpaired) electrons. The fraction of sp³-hybridized carbons (Fsp3) is 0.615. The summed E-state index contributed by atoms with van der Waals surface area (Å²) in [6.07, 6.45) is 9.91. The number of aromatic nitrogens is 4. The van der Waals surface area contributed by atoms with Crippen molar-refractivity contribution in [2.24, 2.45) is 5.41 Å². The van der Waals surface area contributed by atoms with Crippen LogP contribution in [0.25, 0.3) is 11.2 Å². The van der Waals surface area contributed by atoms with E-state index in [2.05, 4.69) is 32.2 Å². The average molecular weight is 245 g/mol. The molecule has 2 aromatic heterocycles. The minimum atomic E-state index is 0.398. The van der Waals surface area contributed by atoms with E-state index in [1.807, 2.05) is 0 Å². The number of imidazole rings is 1. The predicted molar refractivity (Wildman–Crippen MR) is 71.4 cm³/mol. The van der Waals surface area contributed by atoms with Crippen LogP contribution in [0.5, 0.6) is 0 Å². The second kappa shape index (κ2) is 4.55. The van der Waals surface area contributed by atoms with E-state index in [0.717, 1.165) is 23.5 Å². The lowest BCUT2D eigenvalue weighted by molar-refractivity contribution is 0.233. The lowest BCUT2D eigenvalue weighted by Gasteiger charge is -2.33. The van der Waals surface area contributed by atoms with Crippen LogP contribution in [0.15, 0.2) is 12.7 Å². The molecule has 0 spiro atoms. The minimum absolute atomic E-state index is 0.398. The number of hydrogen-bond donors (Lipinski definition) is 2. The SMILES string of the molecule is CC1(CNc2ncnc3nc[nH]c23)CCCCC1. The zero-order valence-corrected chi connectivity index (χ0v) is 10.7. The van der Waals surface area contributed by atoms with Gasteiger partial charge in [-0.25, -0.2) is 15.0 Å². The van der Waals surface area contributed by atoms with Crippen LogP contribution in [0.1, 0.15) is 39.0 Å². The molecule has 1 aliphatic rings. The number of fused-ring (bicyclic) bond motifs is 1. The molecule has 18 heavy (non-hydrogen) atoms. The van der Waals surface area contributed by atoms with Gasteiger partial charge in [0.15, 0.2) is 11.5 Å². The van der Waals surface area contributed by atoms with Gasteiger partial charge in [-0.05, 0) is 18.3 Å². The van der Waals surface area contributed by atoms with E-state index in [9.17, 15) is 0 Å². The number of anilines is 1. The van der Waals surface area contributed by atoms with Gasteiger partial charge in [-0.1, -0.05) is 26.2 Å². The number of aromatic amines is 1. The minimum Gasteiger partial charge on any atom is -0.368 e. The molecule has 0 saturated heterocycles. The Morgan fingerprint density at radius 3 is 2.89 bits per heavy atom. The zero-order valence-electron chi connectivity index (χ0n) is 10.7. The number of nitrogens with zero attached hydrogens (tertiary/aromatic N) is 3. The summed E-state index contributed by atoms with van der Waals surface area (Å²) in [5, 5.41) is 3.46. The summed E-state index contributed by atoms with van der Waals surface area (Å²) in [5.74, 6) is 0.865. The van der Waals surface area contributed by atoms with Crippen molar-refractivity contribution in [3.05, 3.63) is 12.7 Å². The molecule has 1 saturated carbocycles. The molecule has 5 nitrogen and oxygen atoms in total. The normalized spacial score (nSPS) is 18.9. The van der Waals surface area contributed by atoms with Crippen LogP contribution < -0.4 is 5.32 Å². The fourth-order valence-electron chi connectivity index (χ4n) is 2.78. The Labute approximate surface area is 106 Å². The van der Waals surface area contributed by atoms with Crippen molar-refractivity contribution in [3.8, 4) is 0 Å². The van der Waals surface area contributed by atoms with Gasteiger partial charge in [0.2, 0.25) is 0 Å². The van der Waals surface area contributed by atoms with Crippen molar-refractivity contribution >= 4 is 17.0 Å². The smallest absolute Gasteiger partial charge is 0.182 e. The molecule has 3 rings (SSSR count). The quantitative estimate of drug-likeness (QED) is 0.872. The van der Waals surface area contributed by atoms with E-state index in [-0.39, 0.29) is 0 Å². The summed E-state index contributed by atoms with van der Waals surface area (Å²) in [7, 11) is 0. The van der Waals surface area contributed by atoms with Crippen molar-refractivity contribution in [2.45, 2.75) is 39.0 Å². The van der Waals surface area contributed by atoms with Gasteiger partial charge in [0.25, 0.3) is 0 Å². The number of nitrogens with one attached hydrogen (secondary N) is 2. The maximum Gasteiger partial charge on any atom is 0.182 e. The number of hydrogen-bond acceptors (Lipinski definition) is 4. The first-order valence-electron chi connectivity index (χ1n) is 6.65. The molecule has 0 aromatic carbocycles. The third-order valence-electron chi connectivity index (χ3n) is 3.97. The van der Waals surface area contributed by atoms with Crippen LogP contribution in [-0.4, -0.2) is 26.5 Å². The monoisotopic (exact) mass is 245 g/mol. The Kier molecular flexibility index (Phi) is 2.89. The molecular formula is C13H19N5. The van der Waals surface area contributed by atoms with Crippen molar-refractivity contribution < 1.29 is 0 Å². The number of H-pyrrole nitrogens is 1. The van der Waals surface area contributed by atoms with Gasteiger partial charge in [0.05, 0.1) is 6.33 Å². The highest BCUT2D eigenvalue weighted by molar-refractivity contribution is 5.81. The zero-order chi connectivity index (χ0) is 12.4. The first-order chi connectivity index (χ1) is 8.77. The molecule has 96 valence electrons. The lowest BCUT2D eigenvalue weighted by atomic mass is 9.76. The molecule has 0 amide bonds. The lowest BCUT2D eigenvalue weighted by Crippen LogP contribution is -2.29. The fourth-order valence-corrected chi connectivity index (χ4v) is 2.78. The highest BCUT2D eigenvalue weighted by Gasteiger charge is 2.26. The van der Waals surface area contributed by atoms with Crippen LogP contribution in [0, 0.1) is 5.41 Å². The standard InChI is InChI=1S/C13H19N5/c1-13(5-3-2-4-6-13)7-14-11-10-12(16-8-15-10)18-9-17-11/h8-9H,2-7H2,1H3,(H2,14,15,16,17,18). The van der Waals surface area contributed by atoms with Crippen LogP contribution >= 0.6 is 0 Å². The third-order valence-corrected chi connectivity index (χ3v) is 3.97. The van der Waals surface area contributed by atoms with E-state index >= 15 is 0 Å². The topological polar surface area (TPSA) is 66.5 Å². The first kappa shape index (κ1) is 11.4. The van der Waals surface area contributed by atoms with E-state index in [1.54, 1.807) is 12.7 Å². The molecule has 0 bridgehead atoms.